The van der Waals surface area contributed by atoms with Crippen molar-refractivity contribution in [2.45, 2.75) is 13.0 Å². The largest absolute Gasteiger partial charge is 0.391 e. The third-order valence-corrected chi connectivity index (χ3v) is 3.14. The van der Waals surface area contributed by atoms with Crippen LogP contribution in [0.25, 0.3) is 0 Å². The molecule has 17 heavy (non-hydrogen) atoms. The molecule has 0 saturated carbocycles. The summed E-state index contributed by atoms with van der Waals surface area (Å²) in [7, 11) is 0. The second kappa shape index (κ2) is 5.29. The highest BCUT2D eigenvalue weighted by molar-refractivity contribution is 5.94. The van der Waals surface area contributed by atoms with E-state index in [9.17, 15) is 9.90 Å². The van der Waals surface area contributed by atoms with Gasteiger partial charge in [0.1, 0.15) is 0 Å². The molecule has 0 spiro atoms. The summed E-state index contributed by atoms with van der Waals surface area (Å²) in [6.07, 6.45) is -0.353. The molecule has 1 aliphatic rings. The highest BCUT2D eigenvalue weighted by atomic mass is 16.3. The third-order valence-electron chi connectivity index (χ3n) is 3.14. The van der Waals surface area contributed by atoms with E-state index in [-0.39, 0.29) is 17.9 Å². The lowest BCUT2D eigenvalue weighted by atomic mass is 10.1. The number of aryl methyl sites for hydroxylation is 1. The van der Waals surface area contributed by atoms with Gasteiger partial charge in [-0.25, -0.2) is 0 Å². The predicted octanol–water partition coefficient (Wildman–Crippen LogP) is 0.305. The number of aliphatic hydroxyl groups is 1. The maximum Gasteiger partial charge on any atom is 0.251 e. The van der Waals surface area contributed by atoms with E-state index in [1.54, 1.807) is 0 Å². The molecule has 1 aliphatic heterocycles. The SMILES string of the molecule is Cc1ccc(C(=O)NCC2CNCC2O)cc1. The van der Waals surface area contributed by atoms with Crippen molar-refractivity contribution in [1.82, 2.24) is 10.6 Å². The minimum Gasteiger partial charge on any atom is -0.391 e. The van der Waals surface area contributed by atoms with Crippen molar-refractivity contribution in [3.8, 4) is 0 Å². The highest BCUT2D eigenvalue weighted by Gasteiger charge is 2.25. The molecule has 0 aliphatic carbocycles. The summed E-state index contributed by atoms with van der Waals surface area (Å²) in [4.78, 5) is 11.8. The number of amides is 1. The van der Waals surface area contributed by atoms with Gasteiger partial charge >= 0.3 is 0 Å². The Hall–Kier alpha value is -1.39. The van der Waals surface area contributed by atoms with E-state index >= 15 is 0 Å². The number of rotatable bonds is 3. The number of β-amino-alcohol motifs (C(OH)–C–C–N with tert-alkyl or cyclic N) is 1. The van der Waals surface area contributed by atoms with Crippen molar-refractivity contribution >= 4 is 5.91 Å². The summed E-state index contributed by atoms with van der Waals surface area (Å²) in [5, 5.41) is 15.5. The first-order chi connectivity index (χ1) is 8.16. The number of nitrogens with one attached hydrogen (secondary N) is 2. The molecule has 1 heterocycles. The van der Waals surface area contributed by atoms with E-state index in [1.165, 1.54) is 0 Å². The van der Waals surface area contributed by atoms with E-state index in [1.807, 2.05) is 31.2 Å². The van der Waals surface area contributed by atoms with Crippen LogP contribution in [0, 0.1) is 12.8 Å². The van der Waals surface area contributed by atoms with Crippen molar-refractivity contribution in [2.24, 2.45) is 5.92 Å². The smallest absolute Gasteiger partial charge is 0.251 e. The lowest BCUT2D eigenvalue weighted by Crippen LogP contribution is -2.34. The Kier molecular flexibility index (Phi) is 3.76. The molecule has 1 saturated heterocycles. The highest BCUT2D eigenvalue weighted by Crippen LogP contribution is 2.08. The zero-order chi connectivity index (χ0) is 12.3. The van der Waals surface area contributed by atoms with Crippen molar-refractivity contribution in [3.05, 3.63) is 35.4 Å². The third kappa shape index (κ3) is 3.05. The molecule has 2 atom stereocenters. The normalized spacial score (nSPS) is 23.6. The van der Waals surface area contributed by atoms with Gasteiger partial charge in [0.25, 0.3) is 5.91 Å². The molecular weight excluding hydrogens is 216 g/mol. The molecule has 0 aromatic heterocycles. The maximum absolute atomic E-state index is 11.8. The monoisotopic (exact) mass is 234 g/mol. The fourth-order valence-corrected chi connectivity index (χ4v) is 1.96. The van der Waals surface area contributed by atoms with Crippen molar-refractivity contribution in [2.75, 3.05) is 19.6 Å². The molecule has 1 aromatic carbocycles. The summed E-state index contributed by atoms with van der Waals surface area (Å²) in [6, 6.07) is 7.46. The zero-order valence-electron chi connectivity index (χ0n) is 9.94. The van der Waals surface area contributed by atoms with Crippen molar-refractivity contribution in [1.29, 1.82) is 0 Å². The Labute approximate surface area is 101 Å². The Balaban J connectivity index is 1.87. The minimum atomic E-state index is -0.353. The van der Waals surface area contributed by atoms with E-state index in [2.05, 4.69) is 10.6 Å². The fourth-order valence-electron chi connectivity index (χ4n) is 1.96. The molecule has 1 aromatic rings. The summed E-state index contributed by atoms with van der Waals surface area (Å²) in [5.74, 6) is 0.0356. The molecule has 2 rings (SSSR count). The molecule has 3 N–H and O–H groups in total. The number of carbonyl (C=O) groups excluding carboxylic acids is 1. The maximum atomic E-state index is 11.8. The van der Waals surface area contributed by atoms with Crippen LogP contribution in [0.3, 0.4) is 0 Å². The van der Waals surface area contributed by atoms with Gasteiger partial charge in [-0.15, -0.1) is 0 Å². The number of carbonyl (C=O) groups is 1. The van der Waals surface area contributed by atoms with Gasteiger partial charge in [0.05, 0.1) is 6.10 Å². The van der Waals surface area contributed by atoms with Crippen LogP contribution in [0.4, 0.5) is 0 Å². The van der Waals surface area contributed by atoms with E-state index in [4.69, 9.17) is 0 Å². The fraction of sp³-hybridized carbons (Fsp3) is 0.462. The van der Waals surface area contributed by atoms with Gasteiger partial charge in [-0.1, -0.05) is 17.7 Å². The van der Waals surface area contributed by atoms with E-state index < -0.39 is 0 Å². The van der Waals surface area contributed by atoms with Gasteiger partial charge in [-0.05, 0) is 19.1 Å². The summed E-state index contributed by atoms with van der Waals surface area (Å²) in [5.41, 5.74) is 1.80. The van der Waals surface area contributed by atoms with Crippen LogP contribution >= 0.6 is 0 Å². The predicted molar refractivity (Wildman–Crippen MR) is 65.9 cm³/mol. The molecular formula is C13H18N2O2. The summed E-state index contributed by atoms with van der Waals surface area (Å²) in [6.45, 7) is 3.88. The quantitative estimate of drug-likeness (QED) is 0.705. The first-order valence-corrected chi connectivity index (χ1v) is 5.90. The molecule has 1 amide bonds. The first-order valence-electron chi connectivity index (χ1n) is 5.90. The molecule has 0 radical (unpaired) electrons. The zero-order valence-corrected chi connectivity index (χ0v) is 9.94. The van der Waals surface area contributed by atoms with Gasteiger partial charge in [0.2, 0.25) is 0 Å². The molecule has 0 bridgehead atoms. The van der Waals surface area contributed by atoms with E-state index in [0.29, 0.717) is 18.7 Å². The standard InChI is InChI=1S/C13H18N2O2/c1-9-2-4-10(5-3-9)13(17)15-7-11-6-14-8-12(11)16/h2-5,11-12,14,16H,6-8H2,1H3,(H,15,17). The van der Waals surface area contributed by atoms with Crippen LogP contribution in [0.1, 0.15) is 15.9 Å². The van der Waals surface area contributed by atoms with Crippen LogP contribution in [0.15, 0.2) is 24.3 Å². The number of benzene rings is 1. The number of hydrogen-bond donors (Lipinski definition) is 3. The average molecular weight is 234 g/mol. The average Bonchev–Trinajstić information content (AvgIpc) is 2.73. The van der Waals surface area contributed by atoms with Crippen LogP contribution in [-0.2, 0) is 0 Å². The Morgan fingerprint density at radius 3 is 2.71 bits per heavy atom. The number of hydrogen-bond acceptors (Lipinski definition) is 3. The van der Waals surface area contributed by atoms with Crippen LogP contribution in [0.5, 0.6) is 0 Å². The van der Waals surface area contributed by atoms with Gasteiger partial charge in [-0.2, -0.15) is 0 Å². The topological polar surface area (TPSA) is 61.4 Å². The first kappa shape index (κ1) is 12.1. The van der Waals surface area contributed by atoms with Crippen LogP contribution < -0.4 is 10.6 Å². The Morgan fingerprint density at radius 2 is 2.12 bits per heavy atom. The van der Waals surface area contributed by atoms with E-state index in [0.717, 1.165) is 12.1 Å². The summed E-state index contributed by atoms with van der Waals surface area (Å²) < 4.78 is 0. The van der Waals surface area contributed by atoms with Gasteiger partial charge in [-0.3, -0.25) is 4.79 Å². The van der Waals surface area contributed by atoms with Crippen LogP contribution in [-0.4, -0.2) is 36.8 Å². The second-order valence-corrected chi connectivity index (χ2v) is 4.56. The van der Waals surface area contributed by atoms with Crippen molar-refractivity contribution in [3.63, 3.8) is 0 Å². The van der Waals surface area contributed by atoms with Gasteiger partial charge in [0.15, 0.2) is 0 Å². The molecule has 4 nitrogen and oxygen atoms in total. The number of aliphatic hydroxyl groups excluding tert-OH is 1. The molecule has 2 unspecified atom stereocenters. The Bertz CT molecular complexity index is 389. The summed E-state index contributed by atoms with van der Waals surface area (Å²) >= 11 is 0. The second-order valence-electron chi connectivity index (χ2n) is 4.56. The Morgan fingerprint density at radius 1 is 1.41 bits per heavy atom. The van der Waals surface area contributed by atoms with Gasteiger partial charge < -0.3 is 15.7 Å². The van der Waals surface area contributed by atoms with Crippen molar-refractivity contribution < 1.29 is 9.90 Å². The minimum absolute atomic E-state index is 0.0795. The lowest BCUT2D eigenvalue weighted by molar-refractivity contribution is 0.0927. The van der Waals surface area contributed by atoms with Gasteiger partial charge in [0, 0.05) is 31.1 Å². The molecule has 92 valence electrons. The lowest BCUT2D eigenvalue weighted by Gasteiger charge is -2.14. The molecule has 4 heteroatoms. The molecule has 1 fully saturated rings. The van der Waals surface area contributed by atoms with Crippen LogP contribution in [0.2, 0.25) is 0 Å².